The maximum Gasteiger partial charge on any atom is 0.0722 e. The van der Waals surface area contributed by atoms with Crippen molar-refractivity contribution in [2.24, 2.45) is 0 Å². The van der Waals surface area contributed by atoms with Crippen molar-refractivity contribution in [3.8, 4) is 11.1 Å². The van der Waals surface area contributed by atoms with Crippen LogP contribution in [0.25, 0.3) is 11.1 Å². The largest absolute Gasteiger partial charge is 0.384 e. The lowest BCUT2D eigenvalue weighted by molar-refractivity contribution is 0.134. The second kappa shape index (κ2) is 8.11. The van der Waals surface area contributed by atoms with E-state index in [9.17, 15) is 0 Å². The molecule has 0 heterocycles. The number of hydrogen-bond donors (Lipinski definition) is 0. The first-order valence-electron chi connectivity index (χ1n) is 7.91. The molecule has 22 heavy (non-hydrogen) atoms. The normalized spacial score (nSPS) is 10.9. The van der Waals surface area contributed by atoms with Gasteiger partial charge in [-0.1, -0.05) is 47.5 Å². The monoisotopic (exact) mass is 298 g/mol. The smallest absolute Gasteiger partial charge is 0.0722 e. The molecule has 2 nitrogen and oxygen atoms in total. The van der Waals surface area contributed by atoms with Crippen LogP contribution in [0.15, 0.2) is 36.4 Å². The summed E-state index contributed by atoms with van der Waals surface area (Å²) in [5.74, 6) is 0. The van der Waals surface area contributed by atoms with E-state index in [-0.39, 0.29) is 0 Å². The number of aryl methyl sites for hydroxylation is 2. The Bertz CT molecular complexity index is 562. The molecule has 2 aromatic rings. The Hall–Kier alpha value is -1.64. The van der Waals surface area contributed by atoms with Crippen LogP contribution in [-0.2, 0) is 22.5 Å². The highest BCUT2D eigenvalue weighted by molar-refractivity contribution is 5.72. The van der Waals surface area contributed by atoms with Gasteiger partial charge in [-0.15, -0.1) is 0 Å². The molecular weight excluding hydrogens is 272 g/mol. The number of hydrogen-bond acceptors (Lipinski definition) is 2. The Morgan fingerprint density at radius 2 is 1.45 bits per heavy atom. The summed E-state index contributed by atoms with van der Waals surface area (Å²) in [7, 11) is 1.75. The van der Waals surface area contributed by atoms with Gasteiger partial charge in [0.2, 0.25) is 0 Å². The van der Waals surface area contributed by atoms with Crippen LogP contribution in [0.1, 0.15) is 29.2 Å². The molecule has 0 aliphatic rings. The van der Waals surface area contributed by atoms with E-state index < -0.39 is 0 Å². The molecule has 0 aliphatic heterocycles. The lowest BCUT2D eigenvalue weighted by atomic mass is 9.91. The van der Waals surface area contributed by atoms with Crippen LogP contribution in [0.2, 0.25) is 0 Å². The summed E-state index contributed by atoms with van der Waals surface area (Å²) in [5.41, 5.74) is 7.71. The summed E-state index contributed by atoms with van der Waals surface area (Å²) in [4.78, 5) is 0. The zero-order valence-electron chi connectivity index (χ0n) is 14.1. The maximum atomic E-state index is 5.65. The van der Waals surface area contributed by atoms with Gasteiger partial charge in [-0.2, -0.15) is 0 Å². The van der Waals surface area contributed by atoms with Crippen molar-refractivity contribution in [1.82, 2.24) is 0 Å². The first kappa shape index (κ1) is 16.7. The number of rotatable bonds is 7. The van der Waals surface area contributed by atoms with Crippen molar-refractivity contribution < 1.29 is 9.47 Å². The van der Waals surface area contributed by atoms with Gasteiger partial charge in [0, 0.05) is 13.7 Å². The molecular formula is C20H26O2. The molecule has 0 radical (unpaired) electrons. The summed E-state index contributed by atoms with van der Waals surface area (Å²) >= 11 is 0. The average molecular weight is 298 g/mol. The van der Waals surface area contributed by atoms with Crippen LogP contribution < -0.4 is 0 Å². The Labute approximate surface area is 134 Å². The molecule has 0 fully saturated rings. The maximum absolute atomic E-state index is 5.65. The molecule has 0 aliphatic carbocycles. The van der Waals surface area contributed by atoms with Gasteiger partial charge < -0.3 is 9.47 Å². The van der Waals surface area contributed by atoms with Crippen LogP contribution in [0, 0.1) is 13.8 Å². The number of benzene rings is 2. The van der Waals surface area contributed by atoms with Crippen molar-refractivity contribution in [3.63, 3.8) is 0 Å². The quantitative estimate of drug-likeness (QED) is 0.738. The van der Waals surface area contributed by atoms with E-state index >= 15 is 0 Å². The molecule has 0 amide bonds. The summed E-state index contributed by atoms with van der Waals surface area (Å²) < 4.78 is 10.9. The molecule has 0 aromatic heterocycles. The van der Waals surface area contributed by atoms with Crippen LogP contribution in [0.3, 0.4) is 0 Å². The zero-order valence-corrected chi connectivity index (χ0v) is 14.1. The highest BCUT2D eigenvalue weighted by Gasteiger charge is 2.11. The molecule has 0 N–H and O–H groups in total. The second-order valence-electron chi connectivity index (χ2n) is 5.70. The Kier molecular flexibility index (Phi) is 6.17. The van der Waals surface area contributed by atoms with E-state index in [0.29, 0.717) is 6.61 Å². The van der Waals surface area contributed by atoms with Gasteiger partial charge in [0.1, 0.15) is 0 Å². The molecule has 2 aromatic carbocycles. The van der Waals surface area contributed by atoms with E-state index in [0.717, 1.165) is 19.6 Å². The third kappa shape index (κ3) is 4.19. The number of ether oxygens (including phenoxy) is 2. The molecule has 0 saturated carbocycles. The average Bonchev–Trinajstić information content (AvgIpc) is 2.52. The van der Waals surface area contributed by atoms with Gasteiger partial charge in [-0.05, 0) is 49.4 Å². The van der Waals surface area contributed by atoms with Crippen molar-refractivity contribution in [2.45, 2.75) is 33.8 Å². The van der Waals surface area contributed by atoms with Crippen molar-refractivity contribution >= 4 is 0 Å². The third-order valence-electron chi connectivity index (χ3n) is 3.86. The first-order valence-corrected chi connectivity index (χ1v) is 7.91. The Balaban J connectivity index is 2.49. The Morgan fingerprint density at radius 3 is 2.05 bits per heavy atom. The van der Waals surface area contributed by atoms with Crippen molar-refractivity contribution in [3.05, 3.63) is 58.7 Å². The highest BCUT2D eigenvalue weighted by atomic mass is 16.5. The molecule has 0 unspecified atom stereocenters. The van der Waals surface area contributed by atoms with Gasteiger partial charge in [-0.3, -0.25) is 0 Å². The van der Waals surface area contributed by atoms with Gasteiger partial charge in [0.05, 0.1) is 13.2 Å². The Morgan fingerprint density at radius 1 is 0.864 bits per heavy atom. The van der Waals surface area contributed by atoms with Crippen LogP contribution in [0.4, 0.5) is 0 Å². The van der Waals surface area contributed by atoms with Gasteiger partial charge >= 0.3 is 0 Å². The van der Waals surface area contributed by atoms with Crippen molar-refractivity contribution in [2.75, 3.05) is 20.3 Å². The zero-order chi connectivity index (χ0) is 15.9. The predicted molar refractivity (Wildman–Crippen MR) is 92.3 cm³/mol. The lowest BCUT2D eigenvalue weighted by Gasteiger charge is -2.16. The molecule has 0 spiro atoms. The minimum absolute atomic E-state index is 0.657. The fourth-order valence-electron chi connectivity index (χ4n) is 2.65. The van der Waals surface area contributed by atoms with E-state index in [4.69, 9.17) is 9.47 Å². The van der Waals surface area contributed by atoms with Crippen LogP contribution in [0.5, 0.6) is 0 Å². The predicted octanol–water partition coefficient (Wildman–Crippen LogP) is 4.70. The first-order chi connectivity index (χ1) is 10.7. The minimum Gasteiger partial charge on any atom is -0.384 e. The molecule has 2 heteroatoms. The number of methoxy groups -OCH3 is 1. The molecule has 0 bridgehead atoms. The van der Waals surface area contributed by atoms with Crippen LogP contribution in [-0.4, -0.2) is 20.3 Å². The summed E-state index contributed by atoms with van der Waals surface area (Å²) in [6, 6.07) is 13.3. The molecule has 0 saturated heterocycles. The van der Waals surface area contributed by atoms with E-state index in [1.54, 1.807) is 7.11 Å². The highest BCUT2D eigenvalue weighted by Crippen LogP contribution is 2.30. The second-order valence-corrected chi connectivity index (χ2v) is 5.70. The fourth-order valence-corrected chi connectivity index (χ4v) is 2.65. The fraction of sp³-hybridized carbons (Fsp3) is 0.400. The lowest BCUT2D eigenvalue weighted by Crippen LogP contribution is -2.01. The summed E-state index contributed by atoms with van der Waals surface area (Å²) in [6.45, 7) is 8.44. The summed E-state index contributed by atoms with van der Waals surface area (Å²) in [6.07, 6.45) is 0.925. The molecule has 0 atom stereocenters. The molecule has 2 rings (SSSR count). The minimum atomic E-state index is 0.657. The van der Waals surface area contributed by atoms with E-state index in [1.165, 1.54) is 33.4 Å². The van der Waals surface area contributed by atoms with Gasteiger partial charge in [-0.25, -0.2) is 0 Å². The van der Waals surface area contributed by atoms with Gasteiger partial charge in [0.25, 0.3) is 0 Å². The molecule has 118 valence electrons. The SMILES string of the molecule is CCOCc1ccc(C)cc1-c1cc(C)ccc1CCOC. The topological polar surface area (TPSA) is 18.5 Å². The third-order valence-corrected chi connectivity index (χ3v) is 3.86. The van der Waals surface area contributed by atoms with E-state index in [1.807, 2.05) is 6.92 Å². The summed E-state index contributed by atoms with van der Waals surface area (Å²) in [5, 5.41) is 0. The van der Waals surface area contributed by atoms with Crippen molar-refractivity contribution in [1.29, 1.82) is 0 Å². The standard InChI is InChI=1S/C20H26O2/c1-5-22-14-18-9-7-16(3)13-20(18)19-12-15(2)6-8-17(19)10-11-21-4/h6-9,12-13H,5,10-11,14H2,1-4H3. The van der Waals surface area contributed by atoms with Gasteiger partial charge in [0.15, 0.2) is 0 Å². The van der Waals surface area contributed by atoms with Crippen LogP contribution >= 0.6 is 0 Å². The van der Waals surface area contributed by atoms with E-state index in [2.05, 4.69) is 50.2 Å².